The lowest BCUT2D eigenvalue weighted by Crippen LogP contribution is -2.10. The largest absolute Gasteiger partial charge is 0.417 e. The van der Waals surface area contributed by atoms with Crippen molar-refractivity contribution in [2.75, 3.05) is 10.6 Å². The highest BCUT2D eigenvalue weighted by molar-refractivity contribution is 6.33. The summed E-state index contributed by atoms with van der Waals surface area (Å²) in [6.45, 7) is 0.135. The van der Waals surface area contributed by atoms with E-state index in [4.69, 9.17) is 23.2 Å². The SMILES string of the molecule is O=[N+]([O-])c1c(NCc2ccccc2Cl)ncnc1Nc1ncc(C(F)(F)F)cc1Cl. The second kappa shape index (κ2) is 8.67. The Morgan fingerprint density at radius 3 is 2.37 bits per heavy atom. The van der Waals surface area contributed by atoms with Crippen molar-refractivity contribution in [3.63, 3.8) is 0 Å². The van der Waals surface area contributed by atoms with Gasteiger partial charge in [-0.1, -0.05) is 41.4 Å². The van der Waals surface area contributed by atoms with Crippen molar-refractivity contribution < 1.29 is 18.1 Å². The van der Waals surface area contributed by atoms with E-state index < -0.39 is 22.4 Å². The zero-order valence-electron chi connectivity index (χ0n) is 14.7. The van der Waals surface area contributed by atoms with Gasteiger partial charge in [0.25, 0.3) is 0 Å². The maximum absolute atomic E-state index is 12.8. The molecule has 3 aromatic rings. The van der Waals surface area contributed by atoms with E-state index in [1.165, 1.54) is 0 Å². The van der Waals surface area contributed by atoms with E-state index in [2.05, 4.69) is 25.6 Å². The average Bonchev–Trinajstić information content (AvgIpc) is 2.68. The summed E-state index contributed by atoms with van der Waals surface area (Å²) in [7, 11) is 0. The Hall–Kier alpha value is -3.18. The molecule has 0 saturated carbocycles. The molecule has 2 N–H and O–H groups in total. The fraction of sp³-hybridized carbons (Fsp3) is 0.118. The van der Waals surface area contributed by atoms with Crippen molar-refractivity contribution in [1.29, 1.82) is 0 Å². The average molecular weight is 459 g/mol. The van der Waals surface area contributed by atoms with Gasteiger partial charge in [0.15, 0.2) is 5.82 Å². The molecule has 2 aromatic heterocycles. The normalized spacial score (nSPS) is 11.2. The van der Waals surface area contributed by atoms with Gasteiger partial charge in [-0.05, 0) is 17.7 Å². The number of nitro groups is 1. The number of aromatic nitrogens is 3. The predicted octanol–water partition coefficient (Wildman–Crippen LogP) is 5.46. The maximum Gasteiger partial charge on any atom is 0.417 e. The van der Waals surface area contributed by atoms with Gasteiger partial charge in [-0.15, -0.1) is 0 Å². The van der Waals surface area contributed by atoms with Crippen LogP contribution >= 0.6 is 23.2 Å². The Morgan fingerprint density at radius 1 is 1.03 bits per heavy atom. The smallest absolute Gasteiger partial charge is 0.360 e. The number of rotatable bonds is 6. The molecule has 0 amide bonds. The quantitative estimate of drug-likeness (QED) is 0.373. The molecule has 0 aliphatic heterocycles. The van der Waals surface area contributed by atoms with Gasteiger partial charge < -0.3 is 10.6 Å². The van der Waals surface area contributed by atoms with Crippen LogP contribution < -0.4 is 10.6 Å². The lowest BCUT2D eigenvalue weighted by molar-refractivity contribution is -0.383. The number of nitrogens with zero attached hydrogens (tertiary/aromatic N) is 4. The minimum atomic E-state index is -4.63. The first-order valence-corrected chi connectivity index (χ1v) is 8.89. The molecule has 3 rings (SSSR count). The number of alkyl halides is 3. The van der Waals surface area contributed by atoms with Crippen molar-refractivity contribution >= 4 is 46.3 Å². The molecule has 13 heteroatoms. The Kier molecular flexibility index (Phi) is 6.22. The fourth-order valence-electron chi connectivity index (χ4n) is 2.39. The molecule has 156 valence electrons. The first kappa shape index (κ1) is 21.5. The summed E-state index contributed by atoms with van der Waals surface area (Å²) in [5, 5.41) is 17.0. The number of hydrogen-bond acceptors (Lipinski definition) is 7. The molecule has 30 heavy (non-hydrogen) atoms. The van der Waals surface area contributed by atoms with Gasteiger partial charge in [0.1, 0.15) is 6.33 Å². The zero-order chi connectivity index (χ0) is 21.9. The molecule has 1 aromatic carbocycles. The molecule has 8 nitrogen and oxygen atoms in total. The third kappa shape index (κ3) is 4.86. The molecule has 0 fully saturated rings. The van der Waals surface area contributed by atoms with E-state index >= 15 is 0 Å². The van der Waals surface area contributed by atoms with Gasteiger partial charge in [-0.2, -0.15) is 13.2 Å². The minimum Gasteiger partial charge on any atom is -0.360 e. The van der Waals surface area contributed by atoms with Crippen LogP contribution in [0.4, 0.5) is 36.3 Å². The summed E-state index contributed by atoms with van der Waals surface area (Å²) in [5.41, 5.74) is -0.923. The third-order valence-electron chi connectivity index (χ3n) is 3.81. The molecule has 0 spiro atoms. The summed E-state index contributed by atoms with van der Waals surface area (Å²) >= 11 is 11.9. The van der Waals surface area contributed by atoms with Crippen LogP contribution in [0.3, 0.4) is 0 Å². The lowest BCUT2D eigenvalue weighted by Gasteiger charge is -2.12. The first-order valence-electron chi connectivity index (χ1n) is 8.13. The monoisotopic (exact) mass is 458 g/mol. The van der Waals surface area contributed by atoms with E-state index in [9.17, 15) is 23.3 Å². The molecule has 2 heterocycles. The molecule has 0 aliphatic rings. The van der Waals surface area contributed by atoms with Crippen LogP contribution in [0.5, 0.6) is 0 Å². The van der Waals surface area contributed by atoms with Crippen LogP contribution in [0.15, 0.2) is 42.9 Å². The second-order valence-corrected chi connectivity index (χ2v) is 6.61. The van der Waals surface area contributed by atoms with Gasteiger partial charge in [0.05, 0.1) is 15.5 Å². The lowest BCUT2D eigenvalue weighted by atomic mass is 10.2. The van der Waals surface area contributed by atoms with Crippen LogP contribution in [0.25, 0.3) is 0 Å². The molecular weight excluding hydrogens is 448 g/mol. The number of hydrogen-bond donors (Lipinski definition) is 2. The highest BCUT2D eigenvalue weighted by atomic mass is 35.5. The topological polar surface area (TPSA) is 106 Å². The van der Waals surface area contributed by atoms with Gasteiger partial charge in [-0.3, -0.25) is 10.1 Å². The van der Waals surface area contributed by atoms with Gasteiger partial charge in [0.2, 0.25) is 11.6 Å². The summed E-state index contributed by atoms with van der Waals surface area (Å²) in [6, 6.07) is 7.54. The van der Waals surface area contributed by atoms with Crippen LogP contribution in [-0.2, 0) is 12.7 Å². The third-order valence-corrected chi connectivity index (χ3v) is 4.47. The number of anilines is 3. The van der Waals surface area contributed by atoms with Gasteiger partial charge >= 0.3 is 11.9 Å². The molecular formula is C17H11Cl2F3N6O2. The predicted molar refractivity (Wildman–Crippen MR) is 105 cm³/mol. The summed E-state index contributed by atoms with van der Waals surface area (Å²) in [5.74, 6) is -0.658. The van der Waals surface area contributed by atoms with E-state index in [1.807, 2.05) is 0 Å². The standard InChI is InChI=1S/C17H11Cl2F3N6O2/c18-11-4-2-1-3-9(11)6-23-15-13(28(29)30)16(26-8-25-15)27-14-12(19)5-10(7-24-14)17(20,21)22/h1-5,7-8H,6H2,(H2,23,24,25,26,27). The molecule has 0 atom stereocenters. The van der Waals surface area contributed by atoms with Crippen molar-refractivity contribution in [2.45, 2.75) is 12.7 Å². The van der Waals surface area contributed by atoms with Crippen LogP contribution in [0.1, 0.15) is 11.1 Å². The summed E-state index contributed by atoms with van der Waals surface area (Å²) in [4.78, 5) is 22.1. The van der Waals surface area contributed by atoms with Crippen molar-refractivity contribution in [1.82, 2.24) is 15.0 Å². The zero-order valence-corrected chi connectivity index (χ0v) is 16.3. The molecule has 0 saturated heterocycles. The number of nitrogens with one attached hydrogen (secondary N) is 2. The minimum absolute atomic E-state index is 0.125. The highest BCUT2D eigenvalue weighted by Crippen LogP contribution is 2.36. The van der Waals surface area contributed by atoms with Crippen LogP contribution in [0, 0.1) is 10.1 Å². The van der Waals surface area contributed by atoms with Crippen LogP contribution in [-0.4, -0.2) is 19.9 Å². The Balaban J connectivity index is 1.90. The molecule has 0 radical (unpaired) electrons. The highest BCUT2D eigenvalue weighted by Gasteiger charge is 2.32. The molecule has 0 aliphatic carbocycles. The molecule has 0 unspecified atom stereocenters. The van der Waals surface area contributed by atoms with Gasteiger partial charge in [0, 0.05) is 17.8 Å². The van der Waals surface area contributed by atoms with Crippen LogP contribution in [0.2, 0.25) is 10.0 Å². The van der Waals surface area contributed by atoms with E-state index in [-0.39, 0.29) is 29.0 Å². The Morgan fingerprint density at radius 2 is 1.73 bits per heavy atom. The molecule has 0 bridgehead atoms. The second-order valence-electron chi connectivity index (χ2n) is 5.80. The maximum atomic E-state index is 12.8. The van der Waals surface area contributed by atoms with Gasteiger partial charge in [-0.25, -0.2) is 15.0 Å². The van der Waals surface area contributed by atoms with Crippen molar-refractivity contribution in [2.24, 2.45) is 0 Å². The number of benzene rings is 1. The van der Waals surface area contributed by atoms with Crippen molar-refractivity contribution in [3.05, 3.63) is 74.1 Å². The Bertz CT molecular complexity index is 1100. The summed E-state index contributed by atoms with van der Waals surface area (Å²) in [6.07, 6.45) is -3.04. The number of halogens is 5. The summed E-state index contributed by atoms with van der Waals surface area (Å²) < 4.78 is 38.3. The van der Waals surface area contributed by atoms with Crippen molar-refractivity contribution in [3.8, 4) is 0 Å². The van der Waals surface area contributed by atoms with E-state index in [0.717, 1.165) is 6.33 Å². The fourth-order valence-corrected chi connectivity index (χ4v) is 2.81. The number of pyridine rings is 1. The Labute approximate surface area is 177 Å². The van der Waals surface area contributed by atoms with E-state index in [0.29, 0.717) is 22.8 Å². The van der Waals surface area contributed by atoms with E-state index in [1.54, 1.807) is 24.3 Å². The first-order chi connectivity index (χ1) is 14.2.